The van der Waals surface area contributed by atoms with E-state index < -0.39 is 22.6 Å². The molecular formula is C39H37N3O7S. The van der Waals surface area contributed by atoms with E-state index in [0.29, 0.717) is 66.1 Å². The number of Topliss-reactive ketones (excluding diaryl/α,β-unsaturated/α-hetero) is 1. The van der Waals surface area contributed by atoms with Gasteiger partial charge in [0.05, 0.1) is 34.9 Å². The van der Waals surface area contributed by atoms with Gasteiger partial charge in [-0.25, -0.2) is 18.2 Å². The molecule has 0 saturated carbocycles. The first-order chi connectivity index (χ1) is 24.1. The summed E-state index contributed by atoms with van der Waals surface area (Å²) in [5, 5.41) is 10.4. The normalized spacial score (nSPS) is 16.0. The summed E-state index contributed by atoms with van der Waals surface area (Å²) >= 11 is 0. The van der Waals surface area contributed by atoms with E-state index in [9.17, 15) is 23.1 Å². The molecule has 0 radical (unpaired) electrons. The summed E-state index contributed by atoms with van der Waals surface area (Å²) in [7, 11) is -3.72. The quantitative estimate of drug-likeness (QED) is 0.149. The van der Waals surface area contributed by atoms with Crippen LogP contribution in [0.3, 0.4) is 0 Å². The summed E-state index contributed by atoms with van der Waals surface area (Å²) in [6.45, 7) is 4.46. The Bertz CT molecular complexity index is 2270. The Morgan fingerprint density at radius 1 is 0.960 bits per heavy atom. The number of aromatic hydroxyl groups is 1. The molecule has 50 heavy (non-hydrogen) atoms. The van der Waals surface area contributed by atoms with Crippen LogP contribution in [0.4, 0.5) is 0 Å². The predicted molar refractivity (Wildman–Crippen MR) is 190 cm³/mol. The maximum absolute atomic E-state index is 13.9. The van der Waals surface area contributed by atoms with Crippen LogP contribution in [0.15, 0.2) is 83.8 Å². The highest BCUT2D eigenvalue weighted by Gasteiger charge is 2.29. The fourth-order valence-electron chi connectivity index (χ4n) is 6.92. The number of hydrogen-bond acceptors (Lipinski definition) is 8. The van der Waals surface area contributed by atoms with Crippen molar-refractivity contribution in [1.29, 1.82) is 0 Å². The monoisotopic (exact) mass is 691 g/mol. The van der Waals surface area contributed by atoms with Crippen LogP contribution in [0.5, 0.6) is 5.75 Å². The fraction of sp³-hybridized carbons (Fsp3) is 0.256. The van der Waals surface area contributed by atoms with Gasteiger partial charge in [0.1, 0.15) is 5.75 Å². The maximum Gasteiger partial charge on any atom is 0.339 e. The van der Waals surface area contributed by atoms with Gasteiger partial charge < -0.3 is 19.1 Å². The highest BCUT2D eigenvalue weighted by molar-refractivity contribution is 7.89. The maximum atomic E-state index is 13.9. The fourth-order valence-corrected chi connectivity index (χ4v) is 8.37. The molecule has 1 N–H and O–H groups in total. The average molecular weight is 692 g/mol. The molecule has 5 aromatic rings. The Morgan fingerprint density at radius 3 is 2.50 bits per heavy atom. The van der Waals surface area contributed by atoms with E-state index in [2.05, 4.69) is 0 Å². The van der Waals surface area contributed by atoms with Crippen molar-refractivity contribution in [2.75, 3.05) is 32.9 Å². The molecule has 2 aliphatic rings. The topological polar surface area (TPSA) is 128 Å². The van der Waals surface area contributed by atoms with Gasteiger partial charge in [0, 0.05) is 41.1 Å². The first kappa shape index (κ1) is 33.4. The van der Waals surface area contributed by atoms with Crippen molar-refractivity contribution in [3.8, 4) is 11.4 Å². The van der Waals surface area contributed by atoms with Gasteiger partial charge in [-0.3, -0.25) is 4.79 Å². The number of carbonyl (C=O) groups is 2. The zero-order valence-electron chi connectivity index (χ0n) is 27.9. The van der Waals surface area contributed by atoms with Crippen LogP contribution in [0.1, 0.15) is 61.8 Å². The Hall–Kier alpha value is -5.10. The summed E-state index contributed by atoms with van der Waals surface area (Å²) in [4.78, 5) is 32.6. The van der Waals surface area contributed by atoms with E-state index in [1.807, 2.05) is 54.0 Å². The number of carbonyl (C=O) groups excluding carboxylic acids is 2. The van der Waals surface area contributed by atoms with Crippen molar-refractivity contribution < 1.29 is 32.6 Å². The van der Waals surface area contributed by atoms with E-state index in [4.69, 9.17) is 14.5 Å². The number of aryl methyl sites for hydroxylation is 1. The number of benzene rings is 3. The number of ketones is 1. The number of morpholine rings is 1. The lowest BCUT2D eigenvalue weighted by atomic mass is 9.86. The number of ether oxygens (including phenoxy) is 2. The van der Waals surface area contributed by atoms with Crippen molar-refractivity contribution in [3.05, 3.63) is 118 Å². The molecule has 3 aromatic carbocycles. The average Bonchev–Trinajstić information content (AvgIpc) is 3.44. The molecule has 1 aliphatic carbocycles. The molecule has 256 valence electrons. The van der Waals surface area contributed by atoms with Gasteiger partial charge in [0.25, 0.3) is 0 Å². The van der Waals surface area contributed by atoms with Gasteiger partial charge in [0.2, 0.25) is 15.8 Å². The Morgan fingerprint density at radius 2 is 1.72 bits per heavy atom. The van der Waals surface area contributed by atoms with Crippen molar-refractivity contribution in [2.24, 2.45) is 0 Å². The van der Waals surface area contributed by atoms with Crippen molar-refractivity contribution in [3.63, 3.8) is 0 Å². The van der Waals surface area contributed by atoms with E-state index in [-0.39, 0.29) is 16.4 Å². The van der Waals surface area contributed by atoms with Crippen LogP contribution < -0.4 is 0 Å². The molecule has 0 atom stereocenters. The number of rotatable bonds is 8. The number of fused-ring (bicyclic) bond motifs is 2. The molecular weight excluding hydrogens is 655 g/mol. The third kappa shape index (κ3) is 6.35. The largest absolute Gasteiger partial charge is 0.508 e. The number of allylic oxidation sites excluding steroid dienone is 1. The second kappa shape index (κ2) is 13.7. The number of sulfonamides is 1. The van der Waals surface area contributed by atoms with E-state index in [1.165, 1.54) is 4.31 Å². The summed E-state index contributed by atoms with van der Waals surface area (Å²) in [6, 6.07) is 22.8. The van der Waals surface area contributed by atoms with Crippen LogP contribution >= 0.6 is 0 Å². The van der Waals surface area contributed by atoms with Gasteiger partial charge in [-0.05, 0) is 98.4 Å². The summed E-state index contributed by atoms with van der Waals surface area (Å²) in [6.07, 6.45) is 4.27. The standard InChI is InChI=1S/C39H37N3O7S/c1-25-21-34(26(2)42(25)29-8-6-9-31(23-29)50(46,47)41-17-19-48-20-18-41)36(44)24-49-39(45)37-32-10-3-4-12-35(32)40-38-28(7-5-11-33(37)38)22-27-13-15-30(43)16-14-27/h3-4,6,8-10,12-16,21-23,43H,5,7,11,17-20,24H2,1-2H3. The minimum absolute atomic E-state index is 0.167. The molecule has 2 aromatic heterocycles. The first-order valence-corrected chi connectivity index (χ1v) is 18.0. The molecule has 0 bridgehead atoms. The lowest BCUT2D eigenvalue weighted by Crippen LogP contribution is -2.40. The zero-order chi connectivity index (χ0) is 35.0. The smallest absolute Gasteiger partial charge is 0.339 e. The summed E-state index contributed by atoms with van der Waals surface area (Å²) in [5.74, 6) is -0.769. The van der Waals surface area contributed by atoms with Gasteiger partial charge in [-0.1, -0.05) is 36.4 Å². The number of pyridine rings is 1. The van der Waals surface area contributed by atoms with Gasteiger partial charge in [-0.15, -0.1) is 0 Å². The second-order valence-corrected chi connectivity index (χ2v) is 14.5. The van der Waals surface area contributed by atoms with Gasteiger partial charge in [0.15, 0.2) is 6.61 Å². The molecule has 0 amide bonds. The highest BCUT2D eigenvalue weighted by atomic mass is 32.2. The van der Waals surface area contributed by atoms with E-state index in [1.54, 1.807) is 49.4 Å². The number of aromatic nitrogens is 2. The molecule has 11 heteroatoms. The number of phenolic OH excluding ortho intramolecular Hbond substituents is 1. The SMILES string of the molecule is Cc1cc(C(=O)COC(=O)c2c3c(nc4ccccc24)C(=Cc2ccc(O)cc2)CCC3)c(C)n1-c1cccc(S(=O)(=O)N2CCOCC2)c1. The lowest BCUT2D eigenvalue weighted by molar-refractivity contribution is 0.0475. The Kier molecular flexibility index (Phi) is 9.13. The number of esters is 1. The van der Waals surface area contributed by atoms with Crippen LogP contribution in [0, 0.1) is 13.8 Å². The van der Waals surface area contributed by atoms with Crippen LogP contribution in [-0.4, -0.2) is 72.0 Å². The second-order valence-electron chi connectivity index (χ2n) is 12.6. The Balaban J connectivity index is 1.15. The third-order valence-electron chi connectivity index (χ3n) is 9.36. The third-order valence-corrected chi connectivity index (χ3v) is 11.3. The zero-order valence-corrected chi connectivity index (χ0v) is 28.7. The minimum atomic E-state index is -3.72. The van der Waals surface area contributed by atoms with Crippen molar-refractivity contribution in [1.82, 2.24) is 13.9 Å². The number of hydrogen-bond donors (Lipinski definition) is 1. The lowest BCUT2D eigenvalue weighted by Gasteiger charge is -2.26. The highest BCUT2D eigenvalue weighted by Crippen LogP contribution is 2.37. The van der Waals surface area contributed by atoms with Crippen molar-refractivity contribution in [2.45, 2.75) is 38.0 Å². The number of para-hydroxylation sites is 1. The molecule has 10 nitrogen and oxygen atoms in total. The summed E-state index contributed by atoms with van der Waals surface area (Å²) < 4.78 is 41.0. The summed E-state index contributed by atoms with van der Waals surface area (Å²) in [5.41, 5.74) is 6.85. The van der Waals surface area contributed by atoms with Gasteiger partial charge in [-0.2, -0.15) is 4.31 Å². The van der Waals surface area contributed by atoms with Crippen LogP contribution in [-0.2, 0) is 25.9 Å². The first-order valence-electron chi connectivity index (χ1n) is 16.6. The van der Waals surface area contributed by atoms with Gasteiger partial charge >= 0.3 is 5.97 Å². The van der Waals surface area contributed by atoms with E-state index in [0.717, 1.165) is 40.9 Å². The molecule has 1 aliphatic heterocycles. The molecule has 0 spiro atoms. The Labute approximate surface area is 290 Å². The molecule has 1 fully saturated rings. The molecule has 3 heterocycles. The molecule has 0 unspecified atom stereocenters. The van der Waals surface area contributed by atoms with Crippen molar-refractivity contribution >= 4 is 44.3 Å². The number of phenols is 1. The molecule has 1 saturated heterocycles. The van der Waals surface area contributed by atoms with E-state index >= 15 is 0 Å². The van der Waals surface area contributed by atoms with Crippen LogP contribution in [0.2, 0.25) is 0 Å². The van der Waals surface area contributed by atoms with Crippen LogP contribution in [0.25, 0.3) is 28.2 Å². The molecule has 7 rings (SSSR count). The minimum Gasteiger partial charge on any atom is -0.508 e. The number of nitrogens with zero attached hydrogens (tertiary/aromatic N) is 3. The predicted octanol–water partition coefficient (Wildman–Crippen LogP) is 6.29.